The highest BCUT2D eigenvalue weighted by atomic mass is 15.2. The summed E-state index contributed by atoms with van der Waals surface area (Å²) in [5.41, 5.74) is 0.836. The first kappa shape index (κ1) is 12.2. The predicted octanol–water partition coefficient (Wildman–Crippen LogP) is 2.67. The Kier molecular flexibility index (Phi) is 3.20. The molecular weight excluding hydrogens is 236 g/mol. The third kappa shape index (κ3) is 2.33. The molecule has 2 aliphatic rings. The largest absolute Gasteiger partial charge is 0.354 e. The van der Waals surface area contributed by atoms with Gasteiger partial charge in [0.2, 0.25) is 0 Å². The summed E-state index contributed by atoms with van der Waals surface area (Å²) in [6.07, 6.45) is 13.9. The molecule has 1 aromatic rings. The Balaban J connectivity index is 1.86. The number of hydrogen-bond donors (Lipinski definition) is 0. The van der Waals surface area contributed by atoms with Crippen LogP contribution in [0.4, 0.5) is 5.82 Å². The van der Waals surface area contributed by atoms with E-state index in [1.165, 1.54) is 25.7 Å². The van der Waals surface area contributed by atoms with Gasteiger partial charge in [-0.1, -0.05) is 12.2 Å². The summed E-state index contributed by atoms with van der Waals surface area (Å²) < 4.78 is 0. The number of rotatable bonds is 1. The lowest BCUT2D eigenvalue weighted by molar-refractivity contribution is 0.209. The summed E-state index contributed by atoms with van der Waals surface area (Å²) in [6.45, 7) is 1.99. The second kappa shape index (κ2) is 5.00. The van der Waals surface area contributed by atoms with Crippen LogP contribution in [0.5, 0.6) is 0 Å². The fourth-order valence-electron chi connectivity index (χ4n) is 3.34. The fraction of sp³-hybridized carbons (Fsp3) is 0.533. The van der Waals surface area contributed by atoms with Gasteiger partial charge in [-0.15, -0.1) is 0 Å². The maximum Gasteiger partial charge on any atom is 0.183 e. The SMILES string of the molecule is N#Cc1nccnc1N1CCCC2(CC=CCC2)C1. The Hall–Kier alpha value is -1.89. The first-order chi connectivity index (χ1) is 9.33. The molecule has 4 nitrogen and oxygen atoms in total. The number of hydrogen-bond acceptors (Lipinski definition) is 4. The van der Waals surface area contributed by atoms with E-state index >= 15 is 0 Å². The number of allylic oxidation sites excluding steroid dienone is 2. The molecule has 1 saturated heterocycles. The fourth-order valence-corrected chi connectivity index (χ4v) is 3.34. The molecule has 0 saturated carbocycles. The van der Waals surface area contributed by atoms with Gasteiger partial charge in [0.15, 0.2) is 11.5 Å². The van der Waals surface area contributed by atoms with Gasteiger partial charge in [0.1, 0.15) is 6.07 Å². The normalized spacial score (nSPS) is 26.4. The van der Waals surface area contributed by atoms with Crippen molar-refractivity contribution in [3.8, 4) is 6.07 Å². The molecule has 3 rings (SSSR count). The smallest absolute Gasteiger partial charge is 0.183 e. The van der Waals surface area contributed by atoms with E-state index < -0.39 is 0 Å². The van der Waals surface area contributed by atoms with Crippen molar-refractivity contribution < 1.29 is 0 Å². The topological polar surface area (TPSA) is 52.8 Å². The van der Waals surface area contributed by atoms with E-state index in [4.69, 9.17) is 5.26 Å². The molecule has 0 N–H and O–H groups in total. The van der Waals surface area contributed by atoms with Gasteiger partial charge in [0.05, 0.1) is 0 Å². The molecule has 1 aliphatic heterocycles. The summed E-state index contributed by atoms with van der Waals surface area (Å²) in [7, 11) is 0. The van der Waals surface area contributed by atoms with Gasteiger partial charge >= 0.3 is 0 Å². The van der Waals surface area contributed by atoms with Crippen LogP contribution < -0.4 is 4.90 Å². The average molecular weight is 254 g/mol. The molecule has 1 aliphatic carbocycles. The van der Waals surface area contributed by atoms with Crippen LogP contribution in [0.25, 0.3) is 0 Å². The highest BCUT2D eigenvalue weighted by Crippen LogP contribution is 2.41. The highest BCUT2D eigenvalue weighted by molar-refractivity contribution is 5.50. The van der Waals surface area contributed by atoms with Gasteiger partial charge in [-0.2, -0.15) is 5.26 Å². The minimum absolute atomic E-state index is 0.386. The van der Waals surface area contributed by atoms with E-state index in [9.17, 15) is 0 Å². The summed E-state index contributed by atoms with van der Waals surface area (Å²) in [5.74, 6) is 0.763. The first-order valence-corrected chi connectivity index (χ1v) is 6.94. The zero-order chi connectivity index (χ0) is 13.1. The van der Waals surface area contributed by atoms with Gasteiger partial charge in [-0.05, 0) is 37.5 Å². The molecule has 2 heterocycles. The van der Waals surface area contributed by atoms with Crippen LogP contribution in [0.15, 0.2) is 24.5 Å². The second-order valence-corrected chi connectivity index (χ2v) is 5.58. The van der Waals surface area contributed by atoms with E-state index in [1.807, 2.05) is 0 Å². The summed E-state index contributed by atoms with van der Waals surface area (Å²) >= 11 is 0. The first-order valence-electron chi connectivity index (χ1n) is 6.94. The minimum Gasteiger partial charge on any atom is -0.354 e. The lowest BCUT2D eigenvalue weighted by atomic mass is 9.71. The summed E-state index contributed by atoms with van der Waals surface area (Å²) in [5, 5.41) is 9.16. The number of anilines is 1. The molecule has 0 amide bonds. The van der Waals surface area contributed by atoms with E-state index in [1.54, 1.807) is 12.4 Å². The summed E-state index contributed by atoms with van der Waals surface area (Å²) in [6, 6.07) is 2.15. The maximum absolute atomic E-state index is 9.16. The number of piperidine rings is 1. The average Bonchev–Trinajstić information content (AvgIpc) is 2.48. The zero-order valence-corrected chi connectivity index (χ0v) is 11.0. The molecule has 1 atom stereocenters. The van der Waals surface area contributed by atoms with E-state index in [2.05, 4.69) is 33.1 Å². The van der Waals surface area contributed by atoms with Crippen molar-refractivity contribution in [1.29, 1.82) is 5.26 Å². The van der Waals surface area contributed by atoms with Crippen molar-refractivity contribution >= 4 is 5.82 Å². The monoisotopic (exact) mass is 254 g/mol. The van der Waals surface area contributed by atoms with Crippen LogP contribution in [-0.2, 0) is 0 Å². The van der Waals surface area contributed by atoms with E-state index in [0.717, 1.165) is 25.3 Å². The van der Waals surface area contributed by atoms with Crippen LogP contribution in [-0.4, -0.2) is 23.1 Å². The van der Waals surface area contributed by atoms with E-state index in [-0.39, 0.29) is 0 Å². The lowest BCUT2D eigenvalue weighted by Gasteiger charge is -2.44. The maximum atomic E-state index is 9.16. The molecule has 98 valence electrons. The highest BCUT2D eigenvalue weighted by Gasteiger charge is 2.36. The van der Waals surface area contributed by atoms with Crippen molar-refractivity contribution in [2.75, 3.05) is 18.0 Å². The third-order valence-corrected chi connectivity index (χ3v) is 4.30. The molecule has 19 heavy (non-hydrogen) atoms. The molecule has 1 fully saturated rings. The Morgan fingerprint density at radius 3 is 2.89 bits per heavy atom. The van der Waals surface area contributed by atoms with Crippen LogP contribution in [0, 0.1) is 16.7 Å². The van der Waals surface area contributed by atoms with Gasteiger partial charge in [-0.3, -0.25) is 0 Å². The van der Waals surface area contributed by atoms with Crippen molar-refractivity contribution in [3.63, 3.8) is 0 Å². The van der Waals surface area contributed by atoms with Crippen molar-refractivity contribution in [2.45, 2.75) is 32.1 Å². The van der Waals surface area contributed by atoms with Gasteiger partial charge < -0.3 is 4.90 Å². The Morgan fingerprint density at radius 2 is 2.11 bits per heavy atom. The molecule has 1 spiro atoms. The molecule has 0 radical (unpaired) electrons. The molecule has 4 heteroatoms. The molecule has 1 unspecified atom stereocenters. The molecule has 0 bridgehead atoms. The molecular formula is C15H18N4. The standard InChI is InChI=1S/C15H18N4/c16-11-13-14(18-9-8-17-13)19-10-4-7-15(12-19)5-2-1-3-6-15/h1-2,8-9H,3-7,10,12H2. The minimum atomic E-state index is 0.386. The van der Waals surface area contributed by atoms with Crippen LogP contribution in [0.3, 0.4) is 0 Å². The Labute approximate surface area is 113 Å². The van der Waals surface area contributed by atoms with Crippen LogP contribution in [0.1, 0.15) is 37.8 Å². The third-order valence-electron chi connectivity index (χ3n) is 4.30. The van der Waals surface area contributed by atoms with Crippen molar-refractivity contribution in [3.05, 3.63) is 30.2 Å². The predicted molar refractivity (Wildman–Crippen MR) is 73.6 cm³/mol. The van der Waals surface area contributed by atoms with Crippen LogP contribution in [0.2, 0.25) is 0 Å². The van der Waals surface area contributed by atoms with Crippen LogP contribution >= 0.6 is 0 Å². The lowest BCUT2D eigenvalue weighted by Crippen LogP contribution is -2.44. The second-order valence-electron chi connectivity index (χ2n) is 5.58. The van der Waals surface area contributed by atoms with Gasteiger partial charge in [-0.25, -0.2) is 9.97 Å². The Bertz CT molecular complexity index is 531. The quantitative estimate of drug-likeness (QED) is 0.723. The van der Waals surface area contributed by atoms with Gasteiger partial charge in [0.25, 0.3) is 0 Å². The zero-order valence-electron chi connectivity index (χ0n) is 11.0. The number of nitriles is 1. The Morgan fingerprint density at radius 1 is 1.21 bits per heavy atom. The van der Waals surface area contributed by atoms with Gasteiger partial charge in [0, 0.05) is 25.5 Å². The van der Waals surface area contributed by atoms with E-state index in [0.29, 0.717) is 11.1 Å². The molecule has 0 aromatic carbocycles. The summed E-state index contributed by atoms with van der Waals surface area (Å²) in [4.78, 5) is 10.8. The number of nitrogens with zero attached hydrogens (tertiary/aromatic N) is 4. The number of aromatic nitrogens is 2. The van der Waals surface area contributed by atoms with Crippen molar-refractivity contribution in [2.24, 2.45) is 5.41 Å². The van der Waals surface area contributed by atoms with Crippen molar-refractivity contribution in [1.82, 2.24) is 9.97 Å². The molecule has 1 aromatic heterocycles.